The molecule has 0 unspecified atom stereocenters. The summed E-state index contributed by atoms with van der Waals surface area (Å²) in [5.41, 5.74) is 0.803. The van der Waals surface area contributed by atoms with Gasteiger partial charge in [0, 0.05) is 41.9 Å². The Balaban J connectivity index is 1.90. The molecule has 1 heterocycles. The Bertz CT molecular complexity index is 422. The summed E-state index contributed by atoms with van der Waals surface area (Å²) >= 11 is 2.26. The fraction of sp³-hybridized carbons (Fsp3) is 0.533. The lowest BCUT2D eigenvalue weighted by Crippen LogP contribution is -2.49. The minimum atomic E-state index is 0.167. The van der Waals surface area contributed by atoms with E-state index < -0.39 is 0 Å². The lowest BCUT2D eigenvalue weighted by Gasteiger charge is -2.35. The average molecular weight is 372 g/mol. The summed E-state index contributed by atoms with van der Waals surface area (Å²) in [6.07, 6.45) is 0. The number of hydrogen-bond acceptors (Lipinski definition) is 2. The lowest BCUT2D eigenvalue weighted by molar-refractivity contribution is 0.0624. The topological polar surface area (TPSA) is 23.6 Å². The van der Waals surface area contributed by atoms with Crippen molar-refractivity contribution < 1.29 is 4.79 Å². The summed E-state index contributed by atoms with van der Waals surface area (Å²) in [7, 11) is 0. The molecule has 1 aromatic carbocycles. The largest absolute Gasteiger partial charge is 0.336 e. The Kier molecular flexibility index (Phi) is 5.21. The van der Waals surface area contributed by atoms with E-state index in [0.717, 1.165) is 41.9 Å². The maximum absolute atomic E-state index is 12.3. The lowest BCUT2D eigenvalue weighted by atomic mass is 10.1. The van der Waals surface area contributed by atoms with Crippen molar-refractivity contribution >= 4 is 28.5 Å². The molecule has 0 spiro atoms. The highest BCUT2D eigenvalue weighted by atomic mass is 127. The minimum Gasteiger partial charge on any atom is -0.336 e. The summed E-state index contributed by atoms with van der Waals surface area (Å²) in [5.74, 6) is 0.860. The van der Waals surface area contributed by atoms with E-state index >= 15 is 0 Å². The highest BCUT2D eigenvalue weighted by Crippen LogP contribution is 2.12. The number of benzene rings is 1. The third kappa shape index (κ3) is 4.18. The van der Waals surface area contributed by atoms with Crippen molar-refractivity contribution in [3.05, 3.63) is 33.4 Å². The molecule has 0 saturated carbocycles. The minimum absolute atomic E-state index is 0.167. The van der Waals surface area contributed by atoms with E-state index in [9.17, 15) is 4.79 Å². The van der Waals surface area contributed by atoms with Crippen molar-refractivity contribution in [2.24, 2.45) is 5.92 Å². The van der Waals surface area contributed by atoms with E-state index in [-0.39, 0.29) is 5.91 Å². The second-order valence-electron chi connectivity index (χ2n) is 5.49. The van der Waals surface area contributed by atoms with E-state index in [4.69, 9.17) is 0 Å². The molecule has 19 heavy (non-hydrogen) atoms. The normalized spacial score (nSPS) is 16.9. The van der Waals surface area contributed by atoms with Gasteiger partial charge < -0.3 is 4.90 Å². The number of carbonyl (C=O) groups is 1. The monoisotopic (exact) mass is 372 g/mol. The second kappa shape index (κ2) is 6.70. The van der Waals surface area contributed by atoms with Crippen molar-refractivity contribution in [3.8, 4) is 0 Å². The van der Waals surface area contributed by atoms with E-state index in [1.54, 1.807) is 0 Å². The fourth-order valence-corrected chi connectivity index (χ4v) is 2.78. The molecule has 2 rings (SSSR count). The van der Waals surface area contributed by atoms with Crippen LogP contribution in [-0.2, 0) is 0 Å². The molecule has 0 N–H and O–H groups in total. The van der Waals surface area contributed by atoms with Crippen LogP contribution in [0.1, 0.15) is 24.2 Å². The van der Waals surface area contributed by atoms with Gasteiger partial charge in [-0.05, 0) is 52.8 Å². The summed E-state index contributed by atoms with van der Waals surface area (Å²) in [5, 5.41) is 0. The standard InChI is InChI=1S/C15H21IN2O/c1-12(2)11-17-7-9-18(10-8-17)15(19)13-3-5-14(16)6-4-13/h3-6,12H,7-11H2,1-2H3. The number of piperazine rings is 1. The van der Waals surface area contributed by atoms with Gasteiger partial charge in [0.15, 0.2) is 0 Å². The van der Waals surface area contributed by atoms with Gasteiger partial charge in [0.2, 0.25) is 0 Å². The zero-order valence-electron chi connectivity index (χ0n) is 11.6. The van der Waals surface area contributed by atoms with Gasteiger partial charge in [-0.15, -0.1) is 0 Å². The van der Waals surface area contributed by atoms with Crippen molar-refractivity contribution in [1.29, 1.82) is 0 Å². The van der Waals surface area contributed by atoms with Crippen molar-refractivity contribution in [2.45, 2.75) is 13.8 Å². The number of nitrogens with zero attached hydrogens (tertiary/aromatic N) is 2. The Hall–Kier alpha value is -0.620. The molecule has 0 atom stereocenters. The van der Waals surface area contributed by atoms with Gasteiger partial charge in [-0.2, -0.15) is 0 Å². The summed E-state index contributed by atoms with van der Waals surface area (Å²) in [4.78, 5) is 16.8. The summed E-state index contributed by atoms with van der Waals surface area (Å²) in [6, 6.07) is 7.82. The molecule has 4 heteroatoms. The van der Waals surface area contributed by atoms with Crippen LogP contribution < -0.4 is 0 Å². The molecule has 0 radical (unpaired) electrons. The van der Waals surface area contributed by atoms with Crippen LogP contribution in [0.25, 0.3) is 0 Å². The van der Waals surface area contributed by atoms with Gasteiger partial charge in [-0.1, -0.05) is 13.8 Å². The van der Waals surface area contributed by atoms with Crippen LogP contribution >= 0.6 is 22.6 Å². The molecule has 1 aliphatic heterocycles. The van der Waals surface area contributed by atoms with Gasteiger partial charge in [-0.3, -0.25) is 9.69 Å². The van der Waals surface area contributed by atoms with Gasteiger partial charge >= 0.3 is 0 Å². The Labute approximate surface area is 129 Å². The first kappa shape index (κ1) is 14.8. The van der Waals surface area contributed by atoms with Gasteiger partial charge in [0.05, 0.1) is 0 Å². The van der Waals surface area contributed by atoms with Gasteiger partial charge in [0.1, 0.15) is 0 Å². The van der Waals surface area contributed by atoms with Gasteiger partial charge in [-0.25, -0.2) is 0 Å². The third-order valence-corrected chi connectivity index (χ3v) is 4.09. The molecular formula is C15H21IN2O. The number of carbonyl (C=O) groups excluding carboxylic acids is 1. The van der Waals surface area contributed by atoms with E-state index in [0.29, 0.717) is 5.92 Å². The third-order valence-electron chi connectivity index (χ3n) is 3.37. The smallest absolute Gasteiger partial charge is 0.253 e. The average Bonchev–Trinajstić information content (AvgIpc) is 2.39. The molecule has 1 aromatic rings. The quantitative estimate of drug-likeness (QED) is 0.762. The van der Waals surface area contributed by atoms with Crippen LogP contribution in [0.15, 0.2) is 24.3 Å². The van der Waals surface area contributed by atoms with E-state index in [1.165, 1.54) is 0 Å². The summed E-state index contributed by atoms with van der Waals surface area (Å²) in [6.45, 7) is 9.29. The molecule has 1 amide bonds. The SMILES string of the molecule is CC(C)CN1CCN(C(=O)c2ccc(I)cc2)CC1. The Morgan fingerprint density at radius 2 is 1.74 bits per heavy atom. The van der Waals surface area contributed by atoms with E-state index in [1.807, 2.05) is 29.2 Å². The van der Waals surface area contributed by atoms with Crippen molar-refractivity contribution in [2.75, 3.05) is 32.7 Å². The van der Waals surface area contributed by atoms with Crippen molar-refractivity contribution in [3.63, 3.8) is 0 Å². The first-order chi connectivity index (χ1) is 9.06. The van der Waals surface area contributed by atoms with Crippen LogP contribution in [0, 0.1) is 9.49 Å². The molecule has 104 valence electrons. The Morgan fingerprint density at radius 1 is 1.16 bits per heavy atom. The van der Waals surface area contributed by atoms with Crippen LogP contribution in [0.4, 0.5) is 0 Å². The molecule has 0 aromatic heterocycles. The molecule has 1 saturated heterocycles. The zero-order valence-corrected chi connectivity index (χ0v) is 13.8. The zero-order chi connectivity index (χ0) is 13.8. The molecule has 1 aliphatic rings. The summed E-state index contributed by atoms with van der Waals surface area (Å²) < 4.78 is 1.16. The van der Waals surface area contributed by atoms with Crippen LogP contribution in [0.5, 0.6) is 0 Å². The van der Waals surface area contributed by atoms with Crippen LogP contribution in [-0.4, -0.2) is 48.4 Å². The maximum atomic E-state index is 12.3. The molecule has 0 bridgehead atoms. The number of hydrogen-bond donors (Lipinski definition) is 0. The number of amides is 1. The maximum Gasteiger partial charge on any atom is 0.253 e. The van der Waals surface area contributed by atoms with Crippen LogP contribution in [0.3, 0.4) is 0 Å². The highest BCUT2D eigenvalue weighted by molar-refractivity contribution is 14.1. The number of rotatable bonds is 3. The predicted octanol–water partition coefficient (Wildman–Crippen LogP) is 2.71. The van der Waals surface area contributed by atoms with Gasteiger partial charge in [0.25, 0.3) is 5.91 Å². The fourth-order valence-electron chi connectivity index (χ4n) is 2.42. The highest BCUT2D eigenvalue weighted by Gasteiger charge is 2.22. The van der Waals surface area contributed by atoms with E-state index in [2.05, 4.69) is 41.3 Å². The molecule has 0 aliphatic carbocycles. The van der Waals surface area contributed by atoms with Crippen LogP contribution in [0.2, 0.25) is 0 Å². The van der Waals surface area contributed by atoms with Crippen molar-refractivity contribution in [1.82, 2.24) is 9.80 Å². The molecule has 1 fully saturated rings. The predicted molar refractivity (Wildman–Crippen MR) is 86.3 cm³/mol. The molecule has 3 nitrogen and oxygen atoms in total. The first-order valence-corrected chi connectivity index (χ1v) is 7.91. The molecular weight excluding hydrogens is 351 g/mol. The first-order valence-electron chi connectivity index (χ1n) is 6.83. The second-order valence-corrected chi connectivity index (χ2v) is 6.74. The Morgan fingerprint density at radius 3 is 2.26 bits per heavy atom. The number of halogens is 1.